The van der Waals surface area contributed by atoms with Crippen molar-refractivity contribution in [3.8, 4) is 17.1 Å². The molecule has 0 aliphatic heterocycles. The molecule has 0 aliphatic rings. The molecule has 0 aliphatic carbocycles. The number of phenols is 1. The Balaban J connectivity index is 1.87. The molecule has 118 valence electrons. The fourth-order valence-electron chi connectivity index (χ4n) is 2.35. The maximum Gasteiger partial charge on any atom is 0.175 e. The Bertz CT molecular complexity index is 911. The Labute approximate surface area is 134 Å². The number of rotatable bonds is 4. The van der Waals surface area contributed by atoms with E-state index in [0.29, 0.717) is 11.4 Å². The summed E-state index contributed by atoms with van der Waals surface area (Å²) in [4.78, 5) is 4.67. The maximum absolute atomic E-state index is 11.5. The first-order chi connectivity index (χ1) is 10.9. The van der Waals surface area contributed by atoms with Gasteiger partial charge >= 0.3 is 0 Å². The van der Waals surface area contributed by atoms with Crippen molar-refractivity contribution in [1.82, 2.24) is 9.55 Å². The minimum absolute atomic E-state index is 0.211. The highest BCUT2D eigenvalue weighted by molar-refractivity contribution is 7.90. The summed E-state index contributed by atoms with van der Waals surface area (Å²) in [5.74, 6) is 1.00. The highest BCUT2D eigenvalue weighted by Crippen LogP contribution is 2.21. The van der Waals surface area contributed by atoms with Crippen LogP contribution < -0.4 is 0 Å². The van der Waals surface area contributed by atoms with Gasteiger partial charge in [0.05, 0.1) is 4.90 Å². The molecule has 0 radical (unpaired) electrons. The van der Waals surface area contributed by atoms with Gasteiger partial charge in [-0.15, -0.1) is 0 Å². The summed E-state index contributed by atoms with van der Waals surface area (Å²) in [6, 6.07) is 13.7. The molecule has 0 fully saturated rings. The molecule has 1 heterocycles. The highest BCUT2D eigenvalue weighted by atomic mass is 32.2. The lowest BCUT2D eigenvalue weighted by Crippen LogP contribution is -2.02. The van der Waals surface area contributed by atoms with Crippen LogP contribution in [0, 0.1) is 0 Å². The van der Waals surface area contributed by atoms with Crippen molar-refractivity contribution < 1.29 is 13.5 Å². The van der Waals surface area contributed by atoms with E-state index < -0.39 is 9.84 Å². The molecule has 23 heavy (non-hydrogen) atoms. The van der Waals surface area contributed by atoms with Crippen molar-refractivity contribution in [2.24, 2.45) is 0 Å². The minimum atomic E-state index is -3.18. The first-order valence-corrected chi connectivity index (χ1v) is 8.92. The summed E-state index contributed by atoms with van der Waals surface area (Å²) in [5, 5.41) is 9.37. The van der Waals surface area contributed by atoms with Crippen LogP contribution in [0.2, 0.25) is 0 Å². The number of nitrogens with zero attached hydrogens (tertiary/aromatic N) is 2. The number of phenolic OH excluding ortho intramolecular Hbond substituents is 1. The Hall–Kier alpha value is -2.60. The Morgan fingerprint density at radius 1 is 1.04 bits per heavy atom. The van der Waals surface area contributed by atoms with E-state index in [1.54, 1.807) is 54.7 Å². The first-order valence-electron chi connectivity index (χ1n) is 7.03. The molecule has 6 heteroatoms. The van der Waals surface area contributed by atoms with Gasteiger partial charge in [-0.3, -0.25) is 0 Å². The van der Waals surface area contributed by atoms with E-state index >= 15 is 0 Å². The molecule has 0 bridgehead atoms. The molecule has 5 nitrogen and oxygen atoms in total. The van der Waals surface area contributed by atoms with Gasteiger partial charge in [0.15, 0.2) is 9.84 Å². The number of hydrogen-bond donors (Lipinski definition) is 1. The summed E-state index contributed by atoms with van der Waals surface area (Å²) in [5.41, 5.74) is 1.89. The number of aromatic nitrogens is 2. The summed E-state index contributed by atoms with van der Waals surface area (Å²) < 4.78 is 25.0. The summed E-state index contributed by atoms with van der Waals surface area (Å²) in [7, 11) is -3.18. The van der Waals surface area contributed by atoms with Crippen LogP contribution in [-0.4, -0.2) is 29.3 Å². The van der Waals surface area contributed by atoms with E-state index in [0.717, 1.165) is 17.0 Å². The lowest BCUT2D eigenvalue weighted by molar-refractivity contribution is 0.475. The lowest BCUT2D eigenvalue weighted by atomic mass is 10.2. The van der Waals surface area contributed by atoms with Crippen LogP contribution >= 0.6 is 0 Å². The predicted octanol–water partition coefficient (Wildman–Crippen LogP) is 2.71. The van der Waals surface area contributed by atoms with Gasteiger partial charge in [-0.25, -0.2) is 13.4 Å². The van der Waals surface area contributed by atoms with Crippen LogP contribution in [0.15, 0.2) is 65.8 Å². The molecule has 1 N–H and O–H groups in total. The Kier molecular flexibility index (Phi) is 3.92. The minimum Gasteiger partial charge on any atom is -0.508 e. The molecule has 1 aromatic heterocycles. The molecular weight excluding hydrogens is 312 g/mol. The predicted molar refractivity (Wildman–Crippen MR) is 88.0 cm³/mol. The molecule has 3 rings (SSSR count). The van der Waals surface area contributed by atoms with Gasteiger partial charge < -0.3 is 9.67 Å². The van der Waals surface area contributed by atoms with Crippen LogP contribution in [0.3, 0.4) is 0 Å². The molecule has 0 atom stereocenters. The Morgan fingerprint density at radius 3 is 2.30 bits per heavy atom. The van der Waals surface area contributed by atoms with Crippen LogP contribution in [0.5, 0.6) is 5.75 Å². The first kappa shape index (κ1) is 15.3. The highest BCUT2D eigenvalue weighted by Gasteiger charge is 2.09. The second-order valence-electron chi connectivity index (χ2n) is 5.34. The van der Waals surface area contributed by atoms with Crippen molar-refractivity contribution in [2.45, 2.75) is 11.4 Å². The Morgan fingerprint density at radius 2 is 1.70 bits per heavy atom. The fourth-order valence-corrected chi connectivity index (χ4v) is 2.98. The molecule has 0 unspecified atom stereocenters. The van der Waals surface area contributed by atoms with Gasteiger partial charge in [0, 0.05) is 30.8 Å². The quantitative estimate of drug-likeness (QED) is 0.799. The van der Waals surface area contributed by atoms with Crippen molar-refractivity contribution in [2.75, 3.05) is 6.26 Å². The third-order valence-electron chi connectivity index (χ3n) is 3.55. The van der Waals surface area contributed by atoms with E-state index in [9.17, 15) is 13.5 Å². The van der Waals surface area contributed by atoms with E-state index in [1.807, 2.05) is 10.8 Å². The largest absolute Gasteiger partial charge is 0.508 e. The van der Waals surface area contributed by atoms with E-state index in [2.05, 4.69) is 4.98 Å². The summed E-state index contributed by atoms with van der Waals surface area (Å²) >= 11 is 0. The lowest BCUT2D eigenvalue weighted by Gasteiger charge is -2.09. The van der Waals surface area contributed by atoms with Crippen LogP contribution in [0.25, 0.3) is 11.4 Å². The zero-order valence-corrected chi connectivity index (χ0v) is 13.4. The van der Waals surface area contributed by atoms with Crippen molar-refractivity contribution >= 4 is 9.84 Å². The molecule has 0 saturated carbocycles. The van der Waals surface area contributed by atoms with Crippen LogP contribution in [0.1, 0.15) is 5.56 Å². The SMILES string of the molecule is CS(=O)(=O)c1ccc(Cn2ccnc2-c2ccc(O)cc2)cc1. The monoisotopic (exact) mass is 328 g/mol. The maximum atomic E-state index is 11.5. The topological polar surface area (TPSA) is 72.2 Å². The molecule has 0 saturated heterocycles. The van der Waals surface area contributed by atoms with Gasteiger partial charge in [-0.05, 0) is 42.0 Å². The molecule has 2 aromatic carbocycles. The zero-order chi connectivity index (χ0) is 16.4. The molecule has 0 spiro atoms. The number of hydrogen-bond acceptors (Lipinski definition) is 4. The van der Waals surface area contributed by atoms with Crippen molar-refractivity contribution in [1.29, 1.82) is 0 Å². The number of aromatic hydroxyl groups is 1. The average molecular weight is 328 g/mol. The second kappa shape index (κ2) is 5.89. The molecule has 3 aromatic rings. The van der Waals surface area contributed by atoms with Gasteiger partial charge in [0.25, 0.3) is 0 Å². The summed E-state index contributed by atoms with van der Waals surface area (Å²) in [6.45, 7) is 0.584. The van der Waals surface area contributed by atoms with E-state index in [4.69, 9.17) is 0 Å². The van der Waals surface area contributed by atoms with Gasteiger partial charge in [0.2, 0.25) is 0 Å². The standard InChI is InChI=1S/C17H16N2O3S/c1-23(21,22)16-8-2-13(3-9-16)12-19-11-10-18-17(19)14-4-6-15(20)7-5-14/h2-11,20H,12H2,1H3. The molecule has 0 amide bonds. The number of imidazole rings is 1. The fraction of sp³-hybridized carbons (Fsp3) is 0.118. The molecular formula is C17H16N2O3S. The number of sulfone groups is 1. The van der Waals surface area contributed by atoms with Crippen LogP contribution in [0.4, 0.5) is 0 Å². The van der Waals surface area contributed by atoms with E-state index in [-0.39, 0.29) is 5.75 Å². The summed E-state index contributed by atoms with van der Waals surface area (Å²) in [6.07, 6.45) is 4.78. The smallest absolute Gasteiger partial charge is 0.175 e. The zero-order valence-electron chi connectivity index (χ0n) is 12.5. The third kappa shape index (κ3) is 3.43. The number of benzene rings is 2. The van der Waals surface area contributed by atoms with Crippen molar-refractivity contribution in [3.63, 3.8) is 0 Å². The second-order valence-corrected chi connectivity index (χ2v) is 7.36. The van der Waals surface area contributed by atoms with Crippen LogP contribution in [-0.2, 0) is 16.4 Å². The van der Waals surface area contributed by atoms with Gasteiger partial charge in [-0.2, -0.15) is 0 Å². The van der Waals surface area contributed by atoms with Gasteiger partial charge in [-0.1, -0.05) is 12.1 Å². The average Bonchev–Trinajstić information content (AvgIpc) is 2.96. The third-order valence-corrected chi connectivity index (χ3v) is 4.67. The normalized spacial score (nSPS) is 11.5. The van der Waals surface area contributed by atoms with Crippen molar-refractivity contribution in [3.05, 3.63) is 66.5 Å². The van der Waals surface area contributed by atoms with Gasteiger partial charge in [0.1, 0.15) is 11.6 Å². The van der Waals surface area contributed by atoms with E-state index in [1.165, 1.54) is 6.26 Å².